The van der Waals surface area contributed by atoms with Crippen LogP contribution in [0.5, 0.6) is 0 Å². The van der Waals surface area contributed by atoms with E-state index < -0.39 is 17.0 Å². The van der Waals surface area contributed by atoms with Crippen molar-refractivity contribution in [3.8, 4) is 0 Å². The van der Waals surface area contributed by atoms with Gasteiger partial charge in [0, 0.05) is 17.0 Å². The molecule has 0 fully saturated rings. The Balaban J connectivity index is 2.61. The van der Waals surface area contributed by atoms with Gasteiger partial charge in [-0.3, -0.25) is 4.79 Å². The lowest BCUT2D eigenvalue weighted by molar-refractivity contribution is -0.123. The van der Waals surface area contributed by atoms with Gasteiger partial charge < -0.3 is 5.32 Å². The molecule has 0 aliphatic heterocycles. The minimum absolute atomic E-state index is 0.0440. The lowest BCUT2D eigenvalue weighted by Gasteiger charge is -2.21. The fourth-order valence-corrected chi connectivity index (χ4v) is 2.75. The molecule has 1 unspecified atom stereocenters. The van der Waals surface area contributed by atoms with E-state index in [9.17, 15) is 13.6 Å². The smallest absolute Gasteiger partial charge is 0.229 e. The molecule has 1 aromatic rings. The van der Waals surface area contributed by atoms with Crippen LogP contribution in [0, 0.1) is 23.0 Å². The van der Waals surface area contributed by atoms with E-state index in [1.807, 2.05) is 20.8 Å². The van der Waals surface area contributed by atoms with Crippen LogP contribution in [-0.2, 0) is 4.79 Å². The number of benzene rings is 1. The van der Waals surface area contributed by atoms with Gasteiger partial charge in [0.15, 0.2) is 0 Å². The number of anilines is 1. The van der Waals surface area contributed by atoms with Crippen LogP contribution >= 0.6 is 0 Å². The minimum Gasteiger partial charge on any atom is -0.323 e. The van der Waals surface area contributed by atoms with E-state index in [1.165, 1.54) is 6.07 Å². The SMILES string of the molecule is CC1=CC(C)C(C)=C1c1cc(F)cc(F)c1NC(=O)C(C)(C)C. The van der Waals surface area contributed by atoms with Gasteiger partial charge in [-0.15, -0.1) is 0 Å². The molecule has 0 heterocycles. The van der Waals surface area contributed by atoms with Crippen molar-refractivity contribution >= 4 is 17.2 Å². The van der Waals surface area contributed by atoms with Crippen LogP contribution in [0.3, 0.4) is 0 Å². The van der Waals surface area contributed by atoms with Crippen molar-refractivity contribution in [1.29, 1.82) is 0 Å². The van der Waals surface area contributed by atoms with Crippen LogP contribution in [-0.4, -0.2) is 5.91 Å². The van der Waals surface area contributed by atoms with Crippen molar-refractivity contribution in [3.05, 3.63) is 46.6 Å². The van der Waals surface area contributed by atoms with Gasteiger partial charge in [0.1, 0.15) is 11.6 Å². The van der Waals surface area contributed by atoms with Crippen LogP contribution in [0.4, 0.5) is 14.5 Å². The molecule has 1 aliphatic rings. The first-order chi connectivity index (χ1) is 10.5. The molecule has 1 aliphatic carbocycles. The second-order valence-electron chi connectivity index (χ2n) is 7.21. The van der Waals surface area contributed by atoms with Gasteiger partial charge in [0.25, 0.3) is 0 Å². The average molecular weight is 319 g/mol. The van der Waals surface area contributed by atoms with E-state index in [0.29, 0.717) is 5.56 Å². The Kier molecular flexibility index (Phi) is 4.47. The first-order valence-electron chi connectivity index (χ1n) is 7.72. The number of nitrogens with one attached hydrogen (secondary N) is 1. The van der Waals surface area contributed by atoms with Crippen molar-refractivity contribution in [2.75, 3.05) is 5.32 Å². The van der Waals surface area contributed by atoms with Crippen molar-refractivity contribution < 1.29 is 13.6 Å². The highest BCUT2D eigenvalue weighted by molar-refractivity contribution is 5.99. The van der Waals surface area contributed by atoms with Gasteiger partial charge >= 0.3 is 0 Å². The summed E-state index contributed by atoms with van der Waals surface area (Å²) in [4.78, 5) is 12.3. The summed E-state index contributed by atoms with van der Waals surface area (Å²) in [5.41, 5.74) is 2.58. The molecule has 0 spiro atoms. The number of hydrogen-bond acceptors (Lipinski definition) is 1. The van der Waals surface area contributed by atoms with Gasteiger partial charge in [-0.25, -0.2) is 8.78 Å². The Hall–Kier alpha value is -1.97. The molecule has 4 heteroatoms. The molecule has 1 N–H and O–H groups in total. The second-order valence-corrected chi connectivity index (χ2v) is 7.21. The summed E-state index contributed by atoms with van der Waals surface area (Å²) in [5, 5.41) is 2.64. The quantitative estimate of drug-likeness (QED) is 0.785. The molecular formula is C19H23F2NO. The maximum Gasteiger partial charge on any atom is 0.229 e. The zero-order chi connectivity index (χ0) is 17.5. The van der Waals surface area contributed by atoms with E-state index in [2.05, 4.69) is 11.4 Å². The van der Waals surface area contributed by atoms with Crippen molar-refractivity contribution in [3.63, 3.8) is 0 Å². The molecule has 2 rings (SSSR count). The summed E-state index contributed by atoms with van der Waals surface area (Å²) in [7, 11) is 0. The van der Waals surface area contributed by atoms with E-state index in [4.69, 9.17) is 0 Å². The minimum atomic E-state index is -0.759. The Morgan fingerprint density at radius 3 is 2.26 bits per heavy atom. The highest BCUT2D eigenvalue weighted by atomic mass is 19.1. The zero-order valence-corrected chi connectivity index (χ0v) is 14.5. The predicted octanol–water partition coefficient (Wildman–Crippen LogP) is 5.32. The highest BCUT2D eigenvalue weighted by Crippen LogP contribution is 2.41. The normalized spacial score (nSPS) is 18.3. The summed E-state index contributed by atoms with van der Waals surface area (Å²) >= 11 is 0. The average Bonchev–Trinajstić information content (AvgIpc) is 2.65. The highest BCUT2D eigenvalue weighted by Gasteiger charge is 2.27. The first-order valence-corrected chi connectivity index (χ1v) is 7.72. The summed E-state index contributed by atoms with van der Waals surface area (Å²) in [6.45, 7) is 11.1. The van der Waals surface area contributed by atoms with Crippen LogP contribution in [0.1, 0.15) is 47.1 Å². The molecule has 0 bridgehead atoms. The molecule has 0 aromatic heterocycles. The summed E-state index contributed by atoms with van der Waals surface area (Å²) in [6, 6.07) is 2.09. The van der Waals surface area contributed by atoms with Gasteiger partial charge in [-0.2, -0.15) is 0 Å². The van der Waals surface area contributed by atoms with E-state index in [0.717, 1.165) is 22.8 Å². The number of hydrogen-bond donors (Lipinski definition) is 1. The predicted molar refractivity (Wildman–Crippen MR) is 90.0 cm³/mol. The molecule has 1 atom stereocenters. The lowest BCUT2D eigenvalue weighted by atomic mass is 9.93. The molecule has 124 valence electrons. The van der Waals surface area contributed by atoms with Crippen molar-refractivity contribution in [1.82, 2.24) is 0 Å². The molecule has 1 amide bonds. The van der Waals surface area contributed by atoms with Crippen LogP contribution in [0.15, 0.2) is 29.4 Å². The number of halogens is 2. The topological polar surface area (TPSA) is 29.1 Å². The van der Waals surface area contributed by atoms with Crippen LogP contribution in [0.2, 0.25) is 0 Å². The Morgan fingerprint density at radius 2 is 1.78 bits per heavy atom. The van der Waals surface area contributed by atoms with Gasteiger partial charge in [-0.1, -0.05) is 39.3 Å². The first kappa shape index (κ1) is 17.4. The van der Waals surface area contributed by atoms with Gasteiger partial charge in [0.2, 0.25) is 5.91 Å². The standard InChI is InChI=1S/C19H23F2NO/c1-10-7-11(2)16(12(10)3)14-8-13(20)9-15(21)17(14)22-18(23)19(4,5)6/h7-10H,1-6H3,(H,22,23). The summed E-state index contributed by atoms with van der Waals surface area (Å²) in [5.74, 6) is -1.51. The zero-order valence-electron chi connectivity index (χ0n) is 14.5. The number of rotatable bonds is 2. The third kappa shape index (κ3) is 3.36. The van der Waals surface area contributed by atoms with Gasteiger partial charge in [-0.05, 0) is 37.0 Å². The van der Waals surface area contributed by atoms with E-state index >= 15 is 0 Å². The molecular weight excluding hydrogens is 296 g/mol. The monoisotopic (exact) mass is 319 g/mol. The number of carbonyl (C=O) groups excluding carboxylic acids is 1. The second kappa shape index (κ2) is 5.91. The molecule has 1 aromatic carbocycles. The number of carbonyl (C=O) groups is 1. The third-order valence-electron chi connectivity index (χ3n) is 4.22. The van der Waals surface area contributed by atoms with Crippen LogP contribution in [0.25, 0.3) is 5.57 Å². The third-order valence-corrected chi connectivity index (χ3v) is 4.22. The van der Waals surface area contributed by atoms with E-state index in [-0.39, 0.29) is 17.5 Å². The maximum absolute atomic E-state index is 14.4. The molecule has 23 heavy (non-hydrogen) atoms. The largest absolute Gasteiger partial charge is 0.323 e. The van der Waals surface area contributed by atoms with Gasteiger partial charge in [0.05, 0.1) is 5.69 Å². The maximum atomic E-state index is 14.4. The molecule has 2 nitrogen and oxygen atoms in total. The van der Waals surface area contributed by atoms with Crippen molar-refractivity contribution in [2.45, 2.75) is 41.5 Å². The summed E-state index contributed by atoms with van der Waals surface area (Å²) in [6.07, 6.45) is 2.06. The Morgan fingerprint density at radius 1 is 1.17 bits per heavy atom. The van der Waals surface area contributed by atoms with Crippen LogP contribution < -0.4 is 5.32 Å². The Bertz CT molecular complexity index is 724. The molecule has 0 radical (unpaired) electrons. The Labute approximate surface area is 136 Å². The summed E-state index contributed by atoms with van der Waals surface area (Å²) < 4.78 is 28.2. The number of allylic oxidation sites excluding steroid dienone is 4. The fourth-order valence-electron chi connectivity index (χ4n) is 2.75. The molecule has 0 saturated heterocycles. The fraction of sp³-hybridized carbons (Fsp3) is 0.421. The number of amides is 1. The van der Waals surface area contributed by atoms with E-state index in [1.54, 1.807) is 20.8 Å². The lowest BCUT2D eigenvalue weighted by Crippen LogP contribution is -2.28. The molecule has 0 saturated carbocycles. The van der Waals surface area contributed by atoms with Crippen molar-refractivity contribution in [2.24, 2.45) is 11.3 Å².